The van der Waals surface area contributed by atoms with Gasteiger partial charge in [0.2, 0.25) is 0 Å². The van der Waals surface area contributed by atoms with Crippen molar-refractivity contribution in [2.45, 2.75) is 12.7 Å². The monoisotopic (exact) mass is 354 g/mol. The van der Waals surface area contributed by atoms with E-state index in [-0.39, 0.29) is 0 Å². The molecule has 0 radical (unpaired) electrons. The van der Waals surface area contributed by atoms with Crippen LogP contribution in [-0.2, 0) is 12.7 Å². The second kappa shape index (κ2) is 7.03. The molecule has 0 atom stereocenters. The molecule has 0 saturated carbocycles. The second-order valence-electron chi connectivity index (χ2n) is 5.90. The van der Waals surface area contributed by atoms with Gasteiger partial charge in [0.15, 0.2) is 0 Å². The smallest absolute Gasteiger partial charge is 0.369 e. The molecular formula is C18H18ClF3N2. The zero-order valence-corrected chi connectivity index (χ0v) is 13.8. The van der Waals surface area contributed by atoms with Crippen LogP contribution >= 0.6 is 11.6 Å². The lowest BCUT2D eigenvalue weighted by Crippen LogP contribution is -2.46. The summed E-state index contributed by atoms with van der Waals surface area (Å²) in [6, 6.07) is 13.5. The third kappa shape index (κ3) is 4.02. The Balaban J connectivity index is 1.64. The lowest BCUT2D eigenvalue weighted by Gasteiger charge is -2.36. The average molecular weight is 355 g/mol. The first kappa shape index (κ1) is 17.1. The normalized spacial score (nSPS) is 16.4. The molecule has 1 fully saturated rings. The molecule has 0 bridgehead atoms. The molecule has 24 heavy (non-hydrogen) atoms. The summed E-state index contributed by atoms with van der Waals surface area (Å²) in [6.07, 6.45) is -4.31. The number of anilines is 1. The molecule has 6 heteroatoms. The molecule has 2 aromatic rings. The minimum absolute atomic E-state index is 0.319. The summed E-state index contributed by atoms with van der Waals surface area (Å²) < 4.78 is 39.3. The molecule has 2 nitrogen and oxygen atoms in total. The van der Waals surface area contributed by atoms with Crippen LogP contribution in [0, 0.1) is 0 Å². The van der Waals surface area contributed by atoms with Gasteiger partial charge in [-0.05, 0) is 29.8 Å². The molecule has 1 heterocycles. The number of piperazine rings is 1. The maximum atomic E-state index is 13.1. The van der Waals surface area contributed by atoms with Gasteiger partial charge in [0, 0.05) is 43.4 Å². The average Bonchev–Trinajstić information content (AvgIpc) is 2.55. The van der Waals surface area contributed by atoms with Crippen molar-refractivity contribution in [3.8, 4) is 0 Å². The molecule has 1 aliphatic heterocycles. The summed E-state index contributed by atoms with van der Waals surface area (Å²) in [7, 11) is 0. The quantitative estimate of drug-likeness (QED) is 0.789. The predicted octanol–water partition coefficient (Wildman–Crippen LogP) is 4.68. The van der Waals surface area contributed by atoms with E-state index in [9.17, 15) is 13.2 Å². The number of hydrogen-bond donors (Lipinski definition) is 0. The van der Waals surface area contributed by atoms with Crippen LogP contribution in [0.1, 0.15) is 11.1 Å². The largest absolute Gasteiger partial charge is 0.416 e. The van der Waals surface area contributed by atoms with Gasteiger partial charge in [-0.15, -0.1) is 0 Å². The minimum atomic E-state index is -4.31. The minimum Gasteiger partial charge on any atom is -0.369 e. The summed E-state index contributed by atoms with van der Waals surface area (Å²) in [6.45, 7) is 3.31. The highest BCUT2D eigenvalue weighted by Gasteiger charge is 2.33. The predicted molar refractivity (Wildman–Crippen MR) is 90.4 cm³/mol. The van der Waals surface area contributed by atoms with Gasteiger partial charge in [-0.2, -0.15) is 13.2 Å². The van der Waals surface area contributed by atoms with Gasteiger partial charge in [0.1, 0.15) is 0 Å². The summed E-state index contributed by atoms with van der Waals surface area (Å²) in [4.78, 5) is 4.27. The number of rotatable bonds is 3. The Morgan fingerprint density at radius 2 is 1.62 bits per heavy atom. The molecule has 0 N–H and O–H groups in total. The lowest BCUT2D eigenvalue weighted by molar-refractivity contribution is -0.138. The van der Waals surface area contributed by atoms with Crippen molar-refractivity contribution in [1.29, 1.82) is 0 Å². The topological polar surface area (TPSA) is 6.48 Å². The highest BCUT2D eigenvalue weighted by molar-refractivity contribution is 6.30. The van der Waals surface area contributed by atoms with Gasteiger partial charge in [-0.1, -0.05) is 35.9 Å². The molecule has 2 aromatic carbocycles. The molecule has 1 aliphatic rings. The van der Waals surface area contributed by atoms with E-state index >= 15 is 0 Å². The Morgan fingerprint density at radius 1 is 0.917 bits per heavy atom. The van der Waals surface area contributed by atoms with Gasteiger partial charge in [0.05, 0.1) is 5.56 Å². The van der Waals surface area contributed by atoms with Gasteiger partial charge in [-0.3, -0.25) is 4.90 Å². The SMILES string of the molecule is FC(F)(F)c1ccccc1CN1CCN(c2cccc(Cl)c2)CC1. The summed E-state index contributed by atoms with van der Waals surface area (Å²) in [5, 5.41) is 0.689. The highest BCUT2D eigenvalue weighted by Crippen LogP contribution is 2.32. The maximum absolute atomic E-state index is 13.1. The lowest BCUT2D eigenvalue weighted by atomic mass is 10.1. The van der Waals surface area contributed by atoms with Crippen molar-refractivity contribution in [3.05, 3.63) is 64.7 Å². The van der Waals surface area contributed by atoms with E-state index in [0.717, 1.165) is 37.9 Å². The first-order chi connectivity index (χ1) is 11.4. The van der Waals surface area contributed by atoms with E-state index < -0.39 is 11.7 Å². The molecule has 128 valence electrons. The molecule has 0 unspecified atom stereocenters. The maximum Gasteiger partial charge on any atom is 0.416 e. The van der Waals surface area contributed by atoms with Gasteiger partial charge >= 0.3 is 6.18 Å². The molecule has 0 aromatic heterocycles. The molecule has 1 saturated heterocycles. The van der Waals surface area contributed by atoms with E-state index in [1.54, 1.807) is 12.1 Å². The first-order valence-corrected chi connectivity index (χ1v) is 8.19. The first-order valence-electron chi connectivity index (χ1n) is 7.81. The molecule has 0 amide bonds. The fraction of sp³-hybridized carbons (Fsp3) is 0.333. The second-order valence-corrected chi connectivity index (χ2v) is 6.33. The zero-order valence-electron chi connectivity index (χ0n) is 13.1. The fourth-order valence-corrected chi connectivity index (χ4v) is 3.20. The molecular weight excluding hydrogens is 337 g/mol. The van der Waals surface area contributed by atoms with Crippen molar-refractivity contribution >= 4 is 17.3 Å². The van der Waals surface area contributed by atoms with Crippen molar-refractivity contribution in [3.63, 3.8) is 0 Å². The number of halogens is 4. The van der Waals surface area contributed by atoms with Crippen LogP contribution in [0.25, 0.3) is 0 Å². The van der Waals surface area contributed by atoms with Crippen LogP contribution in [0.4, 0.5) is 18.9 Å². The van der Waals surface area contributed by atoms with Crippen LogP contribution in [0.15, 0.2) is 48.5 Å². The summed E-state index contributed by atoms with van der Waals surface area (Å²) in [5.74, 6) is 0. The Hall–Kier alpha value is -1.72. The third-order valence-corrected chi connectivity index (χ3v) is 4.50. The Morgan fingerprint density at radius 3 is 2.29 bits per heavy atom. The number of alkyl halides is 3. The van der Waals surface area contributed by atoms with E-state index in [4.69, 9.17) is 11.6 Å². The van der Waals surface area contributed by atoms with Crippen LogP contribution < -0.4 is 4.90 Å². The summed E-state index contributed by atoms with van der Waals surface area (Å²) in [5.41, 5.74) is 0.848. The van der Waals surface area contributed by atoms with Crippen LogP contribution in [0.2, 0.25) is 5.02 Å². The van der Waals surface area contributed by atoms with Gasteiger partial charge in [-0.25, -0.2) is 0 Å². The van der Waals surface area contributed by atoms with Crippen molar-refractivity contribution in [1.82, 2.24) is 4.90 Å². The van der Waals surface area contributed by atoms with E-state index in [1.807, 2.05) is 24.3 Å². The van der Waals surface area contributed by atoms with Crippen molar-refractivity contribution in [2.24, 2.45) is 0 Å². The van der Waals surface area contributed by atoms with Crippen LogP contribution in [-0.4, -0.2) is 31.1 Å². The molecule has 3 rings (SSSR count). The standard InChI is InChI=1S/C18H18ClF3N2/c19-15-5-3-6-16(12-15)24-10-8-23(9-11-24)13-14-4-1-2-7-17(14)18(20,21)22/h1-7,12H,8-11,13H2. The van der Waals surface area contributed by atoms with E-state index in [2.05, 4.69) is 9.80 Å². The van der Waals surface area contributed by atoms with Crippen LogP contribution in [0.5, 0.6) is 0 Å². The third-order valence-electron chi connectivity index (χ3n) is 4.26. The van der Waals surface area contributed by atoms with Gasteiger partial charge < -0.3 is 4.90 Å². The Labute approximate surface area is 144 Å². The number of hydrogen-bond acceptors (Lipinski definition) is 2. The molecule has 0 aliphatic carbocycles. The Bertz CT molecular complexity index is 695. The van der Waals surface area contributed by atoms with Gasteiger partial charge in [0.25, 0.3) is 0 Å². The van der Waals surface area contributed by atoms with E-state index in [1.165, 1.54) is 6.07 Å². The van der Waals surface area contributed by atoms with Crippen LogP contribution in [0.3, 0.4) is 0 Å². The summed E-state index contributed by atoms with van der Waals surface area (Å²) >= 11 is 6.02. The Kier molecular flexibility index (Phi) is 5.01. The highest BCUT2D eigenvalue weighted by atomic mass is 35.5. The van der Waals surface area contributed by atoms with E-state index in [0.29, 0.717) is 17.1 Å². The fourth-order valence-electron chi connectivity index (χ4n) is 3.01. The number of nitrogens with zero attached hydrogens (tertiary/aromatic N) is 2. The molecule has 0 spiro atoms. The van der Waals surface area contributed by atoms with Crippen molar-refractivity contribution in [2.75, 3.05) is 31.1 Å². The zero-order chi connectivity index (χ0) is 17.2. The van der Waals surface area contributed by atoms with Crippen molar-refractivity contribution < 1.29 is 13.2 Å². The number of benzene rings is 2.